The van der Waals surface area contributed by atoms with Crippen molar-refractivity contribution in [2.24, 2.45) is 0 Å². The van der Waals surface area contributed by atoms with E-state index in [-0.39, 0.29) is 11.3 Å². The summed E-state index contributed by atoms with van der Waals surface area (Å²) in [4.78, 5) is 0. The van der Waals surface area contributed by atoms with Gasteiger partial charge in [0, 0.05) is 6.61 Å². The van der Waals surface area contributed by atoms with E-state index in [1.165, 1.54) is 24.3 Å². The molecular formula is C24H24F2O5. The maximum Gasteiger partial charge on any atom is 0.426 e. The first-order chi connectivity index (χ1) is 15.0. The molecule has 0 bridgehead atoms. The molecular weight excluding hydrogens is 406 g/mol. The average Bonchev–Trinajstić information content (AvgIpc) is 2.78. The van der Waals surface area contributed by atoms with Crippen molar-refractivity contribution in [2.75, 3.05) is 26.6 Å². The lowest BCUT2D eigenvalue weighted by Gasteiger charge is -2.19. The Morgan fingerprint density at radius 2 is 1.23 bits per heavy atom. The number of aliphatic hydroxyl groups is 1. The molecule has 0 fully saturated rings. The van der Waals surface area contributed by atoms with Crippen LogP contribution in [0.2, 0.25) is 0 Å². The molecule has 1 N–H and O–H groups in total. The summed E-state index contributed by atoms with van der Waals surface area (Å²) >= 11 is 0. The predicted octanol–water partition coefficient (Wildman–Crippen LogP) is 5.23. The van der Waals surface area contributed by atoms with Crippen molar-refractivity contribution in [1.29, 1.82) is 0 Å². The van der Waals surface area contributed by atoms with Crippen LogP contribution in [-0.2, 0) is 10.8 Å². The molecule has 3 aromatic carbocycles. The SMILES string of the molecule is CCOCCOc1ccc(OC(F)(F)c2ccc(-c3ccc(OCO)cc3)cc2)cc1. The highest BCUT2D eigenvalue weighted by atomic mass is 19.3. The van der Waals surface area contributed by atoms with Gasteiger partial charge in [0.25, 0.3) is 0 Å². The van der Waals surface area contributed by atoms with Crippen LogP contribution >= 0.6 is 0 Å². The second kappa shape index (κ2) is 10.7. The molecule has 31 heavy (non-hydrogen) atoms. The predicted molar refractivity (Wildman–Crippen MR) is 113 cm³/mol. The number of hydrogen-bond acceptors (Lipinski definition) is 5. The van der Waals surface area contributed by atoms with Gasteiger partial charge in [-0.2, -0.15) is 8.78 Å². The molecule has 0 heterocycles. The maximum atomic E-state index is 14.6. The molecule has 0 aromatic heterocycles. The molecule has 0 amide bonds. The molecule has 0 unspecified atom stereocenters. The Bertz CT molecular complexity index is 926. The number of ether oxygens (including phenoxy) is 4. The van der Waals surface area contributed by atoms with Crippen molar-refractivity contribution in [3.63, 3.8) is 0 Å². The van der Waals surface area contributed by atoms with Crippen LogP contribution in [0.4, 0.5) is 8.78 Å². The largest absolute Gasteiger partial charge is 0.491 e. The van der Waals surface area contributed by atoms with Gasteiger partial charge in [-0.25, -0.2) is 0 Å². The Hall–Kier alpha value is -3.16. The molecule has 0 saturated heterocycles. The van der Waals surface area contributed by atoms with Gasteiger partial charge in [0.05, 0.1) is 12.2 Å². The van der Waals surface area contributed by atoms with Crippen molar-refractivity contribution < 1.29 is 32.8 Å². The summed E-state index contributed by atoms with van der Waals surface area (Å²) in [6.07, 6.45) is -3.49. The molecule has 0 aliphatic heterocycles. The van der Waals surface area contributed by atoms with E-state index in [0.29, 0.717) is 31.3 Å². The van der Waals surface area contributed by atoms with Gasteiger partial charge in [-0.1, -0.05) is 24.3 Å². The topological polar surface area (TPSA) is 57.2 Å². The Labute approximate surface area is 179 Å². The fourth-order valence-corrected chi connectivity index (χ4v) is 2.85. The Balaban J connectivity index is 1.62. The van der Waals surface area contributed by atoms with Crippen molar-refractivity contribution in [3.05, 3.63) is 78.4 Å². The molecule has 0 spiro atoms. The summed E-state index contributed by atoms with van der Waals surface area (Å²) in [6.45, 7) is 2.94. The van der Waals surface area contributed by atoms with Crippen molar-refractivity contribution in [1.82, 2.24) is 0 Å². The number of benzene rings is 3. The van der Waals surface area contributed by atoms with E-state index >= 15 is 0 Å². The van der Waals surface area contributed by atoms with Crippen LogP contribution in [-0.4, -0.2) is 31.7 Å². The fraction of sp³-hybridized carbons (Fsp3) is 0.250. The highest BCUT2D eigenvalue weighted by Crippen LogP contribution is 2.33. The van der Waals surface area contributed by atoms with Gasteiger partial charge in [-0.3, -0.25) is 0 Å². The smallest absolute Gasteiger partial charge is 0.426 e. The van der Waals surface area contributed by atoms with Crippen LogP contribution in [0.3, 0.4) is 0 Å². The van der Waals surface area contributed by atoms with Crippen LogP contribution in [0.1, 0.15) is 12.5 Å². The van der Waals surface area contributed by atoms with E-state index in [1.54, 1.807) is 48.5 Å². The van der Waals surface area contributed by atoms with E-state index in [1.807, 2.05) is 6.92 Å². The van der Waals surface area contributed by atoms with Crippen molar-refractivity contribution in [3.8, 4) is 28.4 Å². The lowest BCUT2D eigenvalue weighted by atomic mass is 10.0. The third-order valence-corrected chi connectivity index (χ3v) is 4.41. The minimum Gasteiger partial charge on any atom is -0.491 e. The van der Waals surface area contributed by atoms with Crippen LogP contribution in [0.15, 0.2) is 72.8 Å². The van der Waals surface area contributed by atoms with Gasteiger partial charge in [-0.15, -0.1) is 0 Å². The third kappa shape index (κ3) is 6.41. The van der Waals surface area contributed by atoms with Gasteiger partial charge in [0.2, 0.25) is 0 Å². The van der Waals surface area contributed by atoms with Crippen LogP contribution < -0.4 is 14.2 Å². The molecule has 0 aliphatic rings. The Morgan fingerprint density at radius 1 is 0.710 bits per heavy atom. The van der Waals surface area contributed by atoms with Gasteiger partial charge in [0.15, 0.2) is 6.79 Å². The van der Waals surface area contributed by atoms with Crippen molar-refractivity contribution in [2.45, 2.75) is 13.0 Å². The summed E-state index contributed by atoms with van der Waals surface area (Å²) in [5.41, 5.74) is 1.35. The normalized spacial score (nSPS) is 11.2. The Morgan fingerprint density at radius 3 is 1.81 bits per heavy atom. The maximum absolute atomic E-state index is 14.6. The number of halogens is 2. The number of alkyl halides is 2. The molecule has 0 atom stereocenters. The molecule has 0 aliphatic carbocycles. The summed E-state index contributed by atoms with van der Waals surface area (Å²) in [7, 11) is 0. The molecule has 3 rings (SSSR count). The lowest BCUT2D eigenvalue weighted by molar-refractivity contribution is -0.185. The standard InChI is InChI=1S/C24H24F2O5/c1-2-28-15-16-29-21-11-13-23(14-12-21)31-24(25,26)20-7-3-18(4-8-20)19-5-9-22(10-6-19)30-17-27/h3-14,27H,2,15-17H2,1H3. The summed E-state index contributed by atoms with van der Waals surface area (Å²) in [5, 5.41) is 8.77. The van der Waals surface area contributed by atoms with E-state index in [2.05, 4.69) is 0 Å². The molecule has 7 heteroatoms. The molecule has 3 aromatic rings. The molecule has 164 valence electrons. The zero-order valence-corrected chi connectivity index (χ0v) is 17.1. The fourth-order valence-electron chi connectivity index (χ4n) is 2.85. The average molecular weight is 430 g/mol. The van der Waals surface area contributed by atoms with E-state index in [4.69, 9.17) is 24.1 Å². The Kier molecular flexibility index (Phi) is 7.81. The van der Waals surface area contributed by atoms with Gasteiger partial charge in [0.1, 0.15) is 23.9 Å². The minimum absolute atomic E-state index is 0.0331. The number of aliphatic hydroxyl groups excluding tert-OH is 1. The summed E-state index contributed by atoms with van der Waals surface area (Å²) in [6, 6.07) is 18.9. The van der Waals surface area contributed by atoms with Crippen LogP contribution in [0.25, 0.3) is 11.1 Å². The van der Waals surface area contributed by atoms with Gasteiger partial charge in [-0.05, 0) is 66.6 Å². The van der Waals surface area contributed by atoms with Crippen molar-refractivity contribution >= 4 is 0 Å². The molecule has 0 radical (unpaired) electrons. The highest BCUT2D eigenvalue weighted by Gasteiger charge is 2.34. The first-order valence-corrected chi connectivity index (χ1v) is 9.84. The molecule has 0 saturated carbocycles. The van der Waals surface area contributed by atoms with E-state index in [9.17, 15) is 8.78 Å². The van der Waals surface area contributed by atoms with Crippen LogP contribution in [0, 0.1) is 0 Å². The minimum atomic E-state index is -3.49. The third-order valence-electron chi connectivity index (χ3n) is 4.41. The van der Waals surface area contributed by atoms with E-state index < -0.39 is 12.9 Å². The monoisotopic (exact) mass is 430 g/mol. The second-order valence-corrected chi connectivity index (χ2v) is 6.51. The van der Waals surface area contributed by atoms with Gasteiger partial charge >= 0.3 is 6.11 Å². The molecule has 5 nitrogen and oxygen atoms in total. The second-order valence-electron chi connectivity index (χ2n) is 6.51. The van der Waals surface area contributed by atoms with E-state index in [0.717, 1.165) is 11.1 Å². The quantitative estimate of drug-likeness (QED) is 0.334. The van der Waals surface area contributed by atoms with Gasteiger partial charge < -0.3 is 24.1 Å². The van der Waals surface area contributed by atoms with Crippen LogP contribution in [0.5, 0.6) is 17.2 Å². The first-order valence-electron chi connectivity index (χ1n) is 9.84. The zero-order chi connectivity index (χ0) is 22.1. The summed E-state index contributed by atoms with van der Waals surface area (Å²) in [5.74, 6) is 1.11. The summed E-state index contributed by atoms with van der Waals surface area (Å²) < 4.78 is 49.7. The number of rotatable bonds is 11. The number of hydrogen-bond donors (Lipinski definition) is 1. The lowest BCUT2D eigenvalue weighted by Crippen LogP contribution is -2.21. The highest BCUT2D eigenvalue weighted by molar-refractivity contribution is 5.64. The zero-order valence-electron chi connectivity index (χ0n) is 17.1. The first kappa shape index (κ1) is 22.5.